The normalized spacial score (nSPS) is 39.0. The van der Waals surface area contributed by atoms with Crippen LogP contribution in [0.3, 0.4) is 0 Å². The molecule has 10 heteroatoms. The van der Waals surface area contributed by atoms with Gasteiger partial charge in [-0.2, -0.15) is 0 Å². The van der Waals surface area contributed by atoms with E-state index in [4.69, 9.17) is 14.2 Å². The number of carbonyl (C=O) groups excluding carboxylic acids is 2. The van der Waals surface area contributed by atoms with Crippen molar-refractivity contribution >= 4 is 22.1 Å². The van der Waals surface area contributed by atoms with Gasteiger partial charge in [-0.3, -0.25) is 4.79 Å². The van der Waals surface area contributed by atoms with E-state index < -0.39 is 16.1 Å². The topological polar surface area (TPSA) is 128 Å². The molecule has 1 aliphatic heterocycles. The van der Waals surface area contributed by atoms with Crippen LogP contribution >= 0.6 is 0 Å². The fraction of sp³-hybridized carbons (Fsp3) is 0.789. The lowest BCUT2D eigenvalue weighted by Crippen LogP contribution is -2.62. The first-order chi connectivity index (χ1) is 22.5. The second-order valence-electron chi connectivity index (χ2n) is 17.0. The van der Waals surface area contributed by atoms with Crippen LogP contribution in [0, 0.1) is 52.3 Å². The molecule has 1 amide bonds. The Balaban J connectivity index is 1.10. The van der Waals surface area contributed by atoms with Crippen LogP contribution in [0.2, 0.25) is 0 Å². The summed E-state index contributed by atoms with van der Waals surface area (Å²) in [6, 6.07) is 4.70. The third-order valence-electron chi connectivity index (χ3n) is 13.9. The summed E-state index contributed by atoms with van der Waals surface area (Å²) in [5, 5.41) is 12.1. The zero-order chi connectivity index (χ0) is 34.8. The van der Waals surface area contributed by atoms with E-state index in [1.165, 1.54) is 13.0 Å². The van der Waals surface area contributed by atoms with E-state index in [0.29, 0.717) is 35.8 Å². The highest BCUT2D eigenvalue weighted by Gasteiger charge is 2.65. The highest BCUT2D eigenvalue weighted by Crippen LogP contribution is 2.69. The van der Waals surface area contributed by atoms with E-state index in [1.54, 1.807) is 12.1 Å². The van der Waals surface area contributed by atoms with Gasteiger partial charge in [-0.15, -0.1) is 0 Å². The zero-order valence-electron chi connectivity index (χ0n) is 29.9. The van der Waals surface area contributed by atoms with Crippen molar-refractivity contribution in [2.75, 3.05) is 6.61 Å². The van der Waals surface area contributed by atoms with Gasteiger partial charge in [0.1, 0.15) is 17.5 Å². The first-order valence-electron chi connectivity index (χ1n) is 18.4. The van der Waals surface area contributed by atoms with E-state index >= 15 is 0 Å². The molecule has 0 spiro atoms. The van der Waals surface area contributed by atoms with Crippen LogP contribution in [-0.4, -0.2) is 50.0 Å². The number of esters is 1. The van der Waals surface area contributed by atoms with Crippen molar-refractivity contribution in [3.8, 4) is 5.75 Å². The minimum atomic E-state index is -4.10. The molecule has 4 saturated carbocycles. The van der Waals surface area contributed by atoms with E-state index in [2.05, 4.69) is 32.4 Å². The molecule has 0 aromatic heterocycles. The molecule has 48 heavy (non-hydrogen) atoms. The number of fused-ring (bicyclic) bond motifs is 6. The van der Waals surface area contributed by atoms with Gasteiger partial charge in [-0.25, -0.2) is 17.9 Å². The predicted octanol–water partition coefficient (Wildman–Crippen LogP) is 7.04. The Morgan fingerprint density at radius 1 is 1.02 bits per heavy atom. The van der Waals surface area contributed by atoms with E-state index in [1.807, 2.05) is 13.8 Å². The Kier molecular flexibility index (Phi) is 9.44. The van der Waals surface area contributed by atoms with Crippen LogP contribution < -0.4 is 9.46 Å². The molecule has 6 rings (SSSR count). The maximum Gasteiger partial charge on any atom is 0.421 e. The number of sulfonamides is 1. The largest absolute Gasteiger partial charge is 0.488 e. The zero-order valence-corrected chi connectivity index (χ0v) is 30.7. The molecule has 1 heterocycles. The molecular weight excluding hydrogens is 630 g/mol. The first kappa shape index (κ1) is 35.5. The number of nitrogens with one attached hydrogen (secondary N) is 1. The van der Waals surface area contributed by atoms with Crippen LogP contribution in [0.1, 0.15) is 112 Å². The average Bonchev–Trinajstić information content (AvgIpc) is 3.36. The second-order valence-corrected chi connectivity index (χ2v) is 18.7. The van der Waals surface area contributed by atoms with Crippen molar-refractivity contribution in [2.24, 2.45) is 52.3 Å². The molecule has 1 aromatic carbocycles. The SMILES string of the molecule is CC[C@H]1[C@@H](O)[C@@H]2[C@H](CC[C@]3(C)[C@@H]([C@H](C)COC(=O)NS(=O)(=O)c4ccc5c(c4)CCC(C)(C)O5)CC[C@@H]23)[C@@]2(C)CC[C@H](OC(C)=O)C[C@@H]12. The van der Waals surface area contributed by atoms with Crippen molar-refractivity contribution < 1.29 is 37.3 Å². The molecule has 268 valence electrons. The van der Waals surface area contributed by atoms with E-state index in [9.17, 15) is 23.1 Å². The smallest absolute Gasteiger partial charge is 0.421 e. The number of aliphatic hydroxyl groups is 1. The van der Waals surface area contributed by atoms with Crippen molar-refractivity contribution in [1.82, 2.24) is 4.72 Å². The number of amides is 1. The standard InChI is InChI=1S/C38H57NO8S/c1-8-27-31-20-25(46-23(3)40)14-17-38(31,7)30-15-18-37(6)28(10-11-29(37)33(30)34(27)41)22(2)21-45-35(42)39-48(43,44)26-9-12-32-24(19-26)13-16-36(4,5)47-32/h9,12,19,22,25,27-31,33-34,41H,8,10-11,13-18,20-21H2,1-7H3,(H,39,42)/t22-,25+,27-,28-,29+,30+,31+,33+,34-,37-,38-/m1/s1. The highest BCUT2D eigenvalue weighted by atomic mass is 32.2. The number of aryl methyl sites for hydroxylation is 1. The predicted molar refractivity (Wildman–Crippen MR) is 182 cm³/mol. The summed E-state index contributed by atoms with van der Waals surface area (Å²) in [4.78, 5) is 24.6. The number of benzene rings is 1. The maximum atomic E-state index is 13.1. The van der Waals surface area contributed by atoms with E-state index in [-0.39, 0.29) is 63.9 Å². The number of aliphatic hydroxyl groups excluding tert-OH is 1. The Hall–Kier alpha value is -2.33. The Bertz CT molecular complexity index is 1510. The van der Waals surface area contributed by atoms with Gasteiger partial charge >= 0.3 is 12.1 Å². The maximum absolute atomic E-state index is 13.1. The van der Waals surface area contributed by atoms with Crippen LogP contribution in [0.5, 0.6) is 5.75 Å². The fourth-order valence-corrected chi connectivity index (χ4v) is 12.5. The number of hydrogen-bond donors (Lipinski definition) is 2. The van der Waals surface area contributed by atoms with Gasteiger partial charge in [0.2, 0.25) is 0 Å². The van der Waals surface area contributed by atoms with Crippen LogP contribution in [0.25, 0.3) is 0 Å². The van der Waals surface area contributed by atoms with Crippen molar-refractivity contribution in [3.63, 3.8) is 0 Å². The van der Waals surface area contributed by atoms with Crippen molar-refractivity contribution in [3.05, 3.63) is 23.8 Å². The summed E-state index contributed by atoms with van der Waals surface area (Å²) in [5.41, 5.74) is 0.625. The molecule has 2 N–H and O–H groups in total. The molecule has 11 atom stereocenters. The van der Waals surface area contributed by atoms with Crippen LogP contribution in [-0.2, 0) is 30.7 Å². The molecule has 0 unspecified atom stereocenters. The first-order valence-corrected chi connectivity index (χ1v) is 19.8. The van der Waals surface area contributed by atoms with Gasteiger partial charge in [-0.05, 0) is 148 Å². The minimum Gasteiger partial charge on any atom is -0.488 e. The average molecular weight is 688 g/mol. The summed E-state index contributed by atoms with van der Waals surface area (Å²) in [6.45, 7) is 14.8. The fourth-order valence-electron chi connectivity index (χ4n) is 11.6. The lowest BCUT2D eigenvalue weighted by molar-refractivity contribution is -0.207. The van der Waals surface area contributed by atoms with Gasteiger partial charge in [0.25, 0.3) is 10.0 Å². The monoisotopic (exact) mass is 687 g/mol. The third kappa shape index (κ3) is 6.26. The third-order valence-corrected chi connectivity index (χ3v) is 15.2. The Labute approximate surface area is 287 Å². The van der Waals surface area contributed by atoms with Gasteiger partial charge in [0.15, 0.2) is 0 Å². The van der Waals surface area contributed by atoms with Crippen molar-refractivity contribution in [2.45, 2.75) is 135 Å². The molecule has 0 saturated heterocycles. The van der Waals surface area contributed by atoms with Gasteiger partial charge in [-0.1, -0.05) is 34.1 Å². The molecule has 1 aromatic rings. The Morgan fingerprint density at radius 3 is 2.44 bits per heavy atom. The summed E-state index contributed by atoms with van der Waals surface area (Å²) in [6.07, 6.45) is 7.88. The van der Waals surface area contributed by atoms with Crippen LogP contribution in [0.4, 0.5) is 4.79 Å². The van der Waals surface area contributed by atoms with Gasteiger partial charge < -0.3 is 19.3 Å². The molecule has 0 radical (unpaired) electrons. The molecular formula is C38H57NO8S. The lowest BCUT2D eigenvalue weighted by atomic mass is 9.41. The molecule has 9 nitrogen and oxygen atoms in total. The van der Waals surface area contributed by atoms with Gasteiger partial charge in [0.05, 0.1) is 17.6 Å². The molecule has 0 bridgehead atoms. The second kappa shape index (κ2) is 12.8. The highest BCUT2D eigenvalue weighted by molar-refractivity contribution is 7.90. The van der Waals surface area contributed by atoms with Gasteiger partial charge in [0, 0.05) is 6.92 Å². The summed E-state index contributed by atoms with van der Waals surface area (Å²) < 4.78 is 45.6. The number of rotatable bonds is 7. The summed E-state index contributed by atoms with van der Waals surface area (Å²) in [5.74, 6) is 2.34. The number of carbonyl (C=O) groups is 2. The minimum absolute atomic E-state index is 0.00365. The molecule has 4 fully saturated rings. The van der Waals surface area contributed by atoms with Crippen LogP contribution in [0.15, 0.2) is 23.1 Å². The number of ether oxygens (including phenoxy) is 3. The molecule has 5 aliphatic rings. The Morgan fingerprint density at radius 2 is 1.73 bits per heavy atom. The summed E-state index contributed by atoms with van der Waals surface area (Å²) >= 11 is 0. The lowest BCUT2D eigenvalue weighted by Gasteiger charge is -2.64. The van der Waals surface area contributed by atoms with Crippen molar-refractivity contribution in [1.29, 1.82) is 0 Å². The van der Waals surface area contributed by atoms with E-state index in [0.717, 1.165) is 63.4 Å². The summed E-state index contributed by atoms with van der Waals surface area (Å²) in [7, 11) is -4.10. The number of hydrogen-bond acceptors (Lipinski definition) is 8. The quantitative estimate of drug-likeness (QED) is 0.292. The molecule has 4 aliphatic carbocycles.